The maximum atomic E-state index is 12.5. The number of amides is 2. The highest BCUT2D eigenvalue weighted by atomic mass is 16.5. The molecule has 3 N–H and O–H groups in total. The molecule has 32 heavy (non-hydrogen) atoms. The molecule has 2 amide bonds. The Hall–Kier alpha value is -3.35. The molecule has 0 spiro atoms. The first-order chi connectivity index (χ1) is 15.2. The third-order valence-electron chi connectivity index (χ3n) is 5.72. The summed E-state index contributed by atoms with van der Waals surface area (Å²) in [6.45, 7) is 4.98. The van der Waals surface area contributed by atoms with Crippen LogP contribution < -0.4 is 10.6 Å². The Morgan fingerprint density at radius 1 is 1.03 bits per heavy atom. The van der Waals surface area contributed by atoms with Gasteiger partial charge in [0.15, 0.2) is 0 Å². The molecule has 0 aliphatic heterocycles. The van der Waals surface area contributed by atoms with Gasteiger partial charge in [-0.2, -0.15) is 0 Å². The van der Waals surface area contributed by atoms with Gasteiger partial charge in [0.2, 0.25) is 5.91 Å². The van der Waals surface area contributed by atoms with Gasteiger partial charge >= 0.3 is 12.1 Å². The van der Waals surface area contributed by atoms with E-state index in [1.54, 1.807) is 0 Å². The van der Waals surface area contributed by atoms with E-state index >= 15 is 0 Å². The van der Waals surface area contributed by atoms with Crippen molar-refractivity contribution in [1.29, 1.82) is 0 Å². The molecule has 7 nitrogen and oxygen atoms in total. The number of alkyl carbamates (subject to hydrolysis) is 1. The zero-order chi connectivity index (χ0) is 23.3. The Morgan fingerprint density at radius 3 is 2.12 bits per heavy atom. The molecule has 1 aliphatic carbocycles. The van der Waals surface area contributed by atoms with Crippen LogP contribution in [0.1, 0.15) is 57.1 Å². The Labute approximate surface area is 188 Å². The van der Waals surface area contributed by atoms with Gasteiger partial charge in [0.25, 0.3) is 0 Å². The number of rotatable bonds is 9. The fourth-order valence-electron chi connectivity index (χ4n) is 4.06. The number of nitrogens with one attached hydrogen (secondary N) is 2. The zero-order valence-corrected chi connectivity index (χ0v) is 18.7. The molecule has 0 bridgehead atoms. The van der Waals surface area contributed by atoms with Crippen molar-refractivity contribution in [2.75, 3.05) is 6.61 Å². The van der Waals surface area contributed by atoms with Crippen molar-refractivity contribution in [2.24, 2.45) is 0 Å². The van der Waals surface area contributed by atoms with Gasteiger partial charge in [0.1, 0.15) is 12.1 Å². The second-order valence-corrected chi connectivity index (χ2v) is 8.64. The standard InChI is InChI=1S/C25H30N2O5/c1-4-9-16(14-22(28)27-25(2,3)23(29)30)26-24(31)32-15-21-19-12-7-5-10-17(19)18-11-6-8-13-20(18)21/h5-8,10-13,16,21H,4,9,14-15H2,1-3H3,(H,26,31)(H,27,28)(H,29,30)/t16-/m0/s1. The highest BCUT2D eigenvalue weighted by Crippen LogP contribution is 2.44. The summed E-state index contributed by atoms with van der Waals surface area (Å²) >= 11 is 0. The number of hydrogen-bond acceptors (Lipinski definition) is 4. The summed E-state index contributed by atoms with van der Waals surface area (Å²) in [4.78, 5) is 36.1. The van der Waals surface area contributed by atoms with Crippen molar-refractivity contribution < 1.29 is 24.2 Å². The van der Waals surface area contributed by atoms with Crippen LogP contribution in [0.25, 0.3) is 11.1 Å². The molecule has 2 aromatic rings. The first kappa shape index (κ1) is 23.3. The maximum Gasteiger partial charge on any atom is 0.407 e. The summed E-state index contributed by atoms with van der Waals surface area (Å²) in [7, 11) is 0. The van der Waals surface area contributed by atoms with Gasteiger partial charge in [0, 0.05) is 18.4 Å². The van der Waals surface area contributed by atoms with Gasteiger partial charge in [0.05, 0.1) is 0 Å². The third kappa shape index (κ3) is 5.28. The first-order valence-corrected chi connectivity index (χ1v) is 10.9. The Kier molecular flexibility index (Phi) is 7.18. The molecular weight excluding hydrogens is 408 g/mol. The van der Waals surface area contributed by atoms with Crippen LogP contribution in [0.2, 0.25) is 0 Å². The van der Waals surface area contributed by atoms with Gasteiger partial charge < -0.3 is 20.5 Å². The van der Waals surface area contributed by atoms with E-state index in [0.717, 1.165) is 28.7 Å². The van der Waals surface area contributed by atoms with Gasteiger partial charge in [-0.1, -0.05) is 61.9 Å². The van der Waals surface area contributed by atoms with E-state index in [9.17, 15) is 19.5 Å². The second-order valence-electron chi connectivity index (χ2n) is 8.64. The summed E-state index contributed by atoms with van der Waals surface area (Å²) in [5, 5.41) is 14.4. The monoisotopic (exact) mass is 438 g/mol. The van der Waals surface area contributed by atoms with Gasteiger partial charge in [-0.25, -0.2) is 9.59 Å². The summed E-state index contributed by atoms with van der Waals surface area (Å²) in [6.07, 6.45) is 0.722. The number of carbonyl (C=O) groups is 3. The predicted molar refractivity (Wildman–Crippen MR) is 121 cm³/mol. The van der Waals surface area contributed by atoms with Crippen molar-refractivity contribution in [3.63, 3.8) is 0 Å². The lowest BCUT2D eigenvalue weighted by molar-refractivity contribution is -0.146. The third-order valence-corrected chi connectivity index (χ3v) is 5.72. The van der Waals surface area contributed by atoms with Crippen LogP contribution in [-0.2, 0) is 14.3 Å². The summed E-state index contributed by atoms with van der Waals surface area (Å²) in [6, 6.07) is 15.8. The number of ether oxygens (including phenoxy) is 1. The fourth-order valence-corrected chi connectivity index (χ4v) is 4.06. The number of aliphatic carboxylic acids is 1. The Bertz CT molecular complexity index is 956. The van der Waals surface area contributed by atoms with Gasteiger partial charge in [-0.05, 0) is 42.5 Å². The van der Waals surface area contributed by atoms with Crippen molar-refractivity contribution in [3.05, 3.63) is 59.7 Å². The molecule has 0 aromatic heterocycles. The van der Waals surface area contributed by atoms with E-state index in [1.165, 1.54) is 13.8 Å². The minimum atomic E-state index is -1.38. The lowest BCUT2D eigenvalue weighted by Crippen LogP contribution is -2.51. The molecule has 0 saturated carbocycles. The van der Waals surface area contributed by atoms with E-state index in [1.807, 2.05) is 31.2 Å². The molecule has 1 aliphatic rings. The molecule has 170 valence electrons. The summed E-state index contributed by atoms with van der Waals surface area (Å²) in [5.41, 5.74) is 3.18. The first-order valence-electron chi connectivity index (χ1n) is 10.9. The van der Waals surface area contributed by atoms with E-state index in [0.29, 0.717) is 6.42 Å². The molecule has 0 saturated heterocycles. The van der Waals surface area contributed by atoms with Crippen LogP contribution >= 0.6 is 0 Å². The Balaban J connectivity index is 1.60. The highest BCUT2D eigenvalue weighted by molar-refractivity contribution is 5.86. The number of fused-ring (bicyclic) bond motifs is 3. The Morgan fingerprint density at radius 2 is 1.59 bits per heavy atom. The fraction of sp³-hybridized carbons (Fsp3) is 0.400. The van der Waals surface area contributed by atoms with Crippen LogP contribution in [0, 0.1) is 0 Å². The number of carboxylic acid groups (broad SMARTS) is 1. The molecular formula is C25H30N2O5. The molecule has 7 heteroatoms. The molecule has 3 rings (SSSR count). The molecule has 0 heterocycles. The van der Waals surface area contributed by atoms with Crippen molar-refractivity contribution >= 4 is 18.0 Å². The van der Waals surface area contributed by atoms with Crippen molar-refractivity contribution in [3.8, 4) is 11.1 Å². The lowest BCUT2D eigenvalue weighted by Gasteiger charge is -2.24. The largest absolute Gasteiger partial charge is 0.480 e. The van der Waals surface area contributed by atoms with E-state index in [4.69, 9.17) is 4.74 Å². The van der Waals surface area contributed by atoms with Crippen LogP contribution in [-0.4, -0.2) is 41.3 Å². The molecule has 0 radical (unpaired) electrons. The minimum Gasteiger partial charge on any atom is -0.480 e. The SMILES string of the molecule is CCC[C@@H](CC(=O)NC(C)(C)C(=O)O)NC(=O)OCC1c2ccccc2-c2ccccc21. The van der Waals surface area contributed by atoms with E-state index < -0.39 is 29.6 Å². The molecule has 0 unspecified atom stereocenters. The number of hydrogen-bond donors (Lipinski definition) is 3. The van der Waals surface area contributed by atoms with Crippen LogP contribution in [0.15, 0.2) is 48.5 Å². The number of carboxylic acids is 1. The zero-order valence-electron chi connectivity index (χ0n) is 18.7. The smallest absolute Gasteiger partial charge is 0.407 e. The predicted octanol–water partition coefficient (Wildman–Crippen LogP) is 4.06. The van der Waals surface area contributed by atoms with Gasteiger partial charge in [-0.15, -0.1) is 0 Å². The molecule has 1 atom stereocenters. The maximum absolute atomic E-state index is 12.5. The average molecular weight is 439 g/mol. The topological polar surface area (TPSA) is 105 Å². The van der Waals surface area contributed by atoms with E-state index in [-0.39, 0.29) is 18.9 Å². The van der Waals surface area contributed by atoms with Crippen LogP contribution in [0.4, 0.5) is 4.79 Å². The second kappa shape index (κ2) is 9.85. The van der Waals surface area contributed by atoms with Crippen LogP contribution in [0.5, 0.6) is 0 Å². The summed E-state index contributed by atoms with van der Waals surface area (Å²) < 4.78 is 5.56. The molecule has 0 fully saturated rings. The quantitative estimate of drug-likeness (QED) is 0.548. The minimum absolute atomic E-state index is 0.0191. The lowest BCUT2D eigenvalue weighted by atomic mass is 9.98. The average Bonchev–Trinajstić information content (AvgIpc) is 3.05. The highest BCUT2D eigenvalue weighted by Gasteiger charge is 2.31. The normalized spacial score (nSPS) is 13.6. The molecule has 2 aromatic carbocycles. The number of benzene rings is 2. The van der Waals surface area contributed by atoms with Crippen molar-refractivity contribution in [1.82, 2.24) is 10.6 Å². The van der Waals surface area contributed by atoms with E-state index in [2.05, 4.69) is 34.9 Å². The number of carbonyl (C=O) groups excluding carboxylic acids is 2. The summed E-state index contributed by atoms with van der Waals surface area (Å²) in [5.74, 6) is -1.60. The van der Waals surface area contributed by atoms with Crippen molar-refractivity contribution in [2.45, 2.75) is 57.5 Å². The van der Waals surface area contributed by atoms with Crippen LogP contribution in [0.3, 0.4) is 0 Å². The van der Waals surface area contributed by atoms with Gasteiger partial charge in [-0.3, -0.25) is 4.79 Å².